The summed E-state index contributed by atoms with van der Waals surface area (Å²) in [7, 11) is 0. The standard InChI is InChI=1S/C9H19NO2S/c1-8(2)12-7-6-11-5-3-4-9(10)13/h8H,3-7H2,1-2H3,(H2,10,13). The number of ether oxygens (including phenoxy) is 2. The first kappa shape index (κ1) is 12.8. The Labute approximate surface area is 85.6 Å². The molecule has 0 radical (unpaired) electrons. The Bertz CT molecular complexity index is 140. The lowest BCUT2D eigenvalue weighted by molar-refractivity contribution is 0.0193. The molecule has 0 aliphatic carbocycles. The Morgan fingerprint density at radius 2 is 2.00 bits per heavy atom. The lowest BCUT2D eigenvalue weighted by Crippen LogP contribution is -2.12. The fourth-order valence-corrected chi connectivity index (χ4v) is 0.938. The maximum Gasteiger partial charge on any atom is 0.0728 e. The van der Waals surface area contributed by atoms with Gasteiger partial charge in [0.15, 0.2) is 0 Å². The second-order valence-corrected chi connectivity index (χ2v) is 3.63. The van der Waals surface area contributed by atoms with Crippen molar-refractivity contribution >= 4 is 17.2 Å². The molecule has 0 aromatic carbocycles. The molecule has 0 heterocycles. The van der Waals surface area contributed by atoms with E-state index in [2.05, 4.69) is 0 Å². The van der Waals surface area contributed by atoms with Gasteiger partial charge in [0.25, 0.3) is 0 Å². The average Bonchev–Trinajstić information content (AvgIpc) is 2.01. The largest absolute Gasteiger partial charge is 0.393 e. The van der Waals surface area contributed by atoms with E-state index in [0.29, 0.717) is 24.8 Å². The molecule has 0 aliphatic rings. The number of hydrogen-bond acceptors (Lipinski definition) is 3. The zero-order chi connectivity index (χ0) is 10.1. The summed E-state index contributed by atoms with van der Waals surface area (Å²) in [5.74, 6) is 0. The van der Waals surface area contributed by atoms with Gasteiger partial charge in [-0.15, -0.1) is 0 Å². The second kappa shape index (κ2) is 8.41. The Hall–Kier alpha value is -0.190. The van der Waals surface area contributed by atoms with Crippen molar-refractivity contribution in [2.45, 2.75) is 32.8 Å². The van der Waals surface area contributed by atoms with E-state index in [1.54, 1.807) is 0 Å². The fraction of sp³-hybridized carbons (Fsp3) is 0.889. The highest BCUT2D eigenvalue weighted by molar-refractivity contribution is 7.80. The number of thiocarbonyl (C=S) groups is 1. The van der Waals surface area contributed by atoms with Gasteiger partial charge in [-0.1, -0.05) is 12.2 Å². The Balaban J connectivity index is 2.96. The van der Waals surface area contributed by atoms with Gasteiger partial charge in [0.05, 0.1) is 24.3 Å². The molecule has 0 amide bonds. The molecule has 0 atom stereocenters. The first-order valence-corrected chi connectivity index (χ1v) is 5.01. The molecule has 0 unspecified atom stereocenters. The van der Waals surface area contributed by atoms with E-state index < -0.39 is 0 Å². The van der Waals surface area contributed by atoms with Crippen LogP contribution in [0.2, 0.25) is 0 Å². The van der Waals surface area contributed by atoms with Crippen LogP contribution in [0.1, 0.15) is 26.7 Å². The van der Waals surface area contributed by atoms with E-state index in [1.165, 1.54) is 0 Å². The molecule has 0 aliphatic heterocycles. The quantitative estimate of drug-likeness (QED) is 0.482. The number of nitrogens with two attached hydrogens (primary N) is 1. The zero-order valence-electron chi connectivity index (χ0n) is 8.41. The van der Waals surface area contributed by atoms with E-state index in [0.717, 1.165) is 12.8 Å². The van der Waals surface area contributed by atoms with Crippen LogP contribution in [0.3, 0.4) is 0 Å². The van der Waals surface area contributed by atoms with Crippen molar-refractivity contribution in [1.82, 2.24) is 0 Å². The Kier molecular flexibility index (Phi) is 8.29. The van der Waals surface area contributed by atoms with Crippen LogP contribution in [-0.4, -0.2) is 30.9 Å². The average molecular weight is 205 g/mol. The minimum absolute atomic E-state index is 0.278. The molecule has 0 fully saturated rings. The van der Waals surface area contributed by atoms with Crippen LogP contribution < -0.4 is 5.73 Å². The topological polar surface area (TPSA) is 44.5 Å². The first-order chi connectivity index (χ1) is 6.13. The molecule has 3 nitrogen and oxygen atoms in total. The van der Waals surface area contributed by atoms with E-state index in [9.17, 15) is 0 Å². The minimum Gasteiger partial charge on any atom is -0.393 e. The smallest absolute Gasteiger partial charge is 0.0728 e. The van der Waals surface area contributed by atoms with E-state index in [1.807, 2.05) is 13.8 Å². The molecular formula is C9H19NO2S. The highest BCUT2D eigenvalue weighted by Gasteiger charge is 1.94. The van der Waals surface area contributed by atoms with E-state index >= 15 is 0 Å². The van der Waals surface area contributed by atoms with Crippen LogP contribution in [0, 0.1) is 0 Å². The molecule has 2 N–H and O–H groups in total. The summed E-state index contributed by atoms with van der Waals surface area (Å²) < 4.78 is 10.6. The summed E-state index contributed by atoms with van der Waals surface area (Å²) in [5, 5.41) is 0. The molecule has 0 aromatic rings. The van der Waals surface area contributed by atoms with Gasteiger partial charge in [-0.25, -0.2) is 0 Å². The van der Waals surface area contributed by atoms with Gasteiger partial charge in [0.2, 0.25) is 0 Å². The van der Waals surface area contributed by atoms with Crippen molar-refractivity contribution in [1.29, 1.82) is 0 Å². The molecule has 0 spiro atoms. The van der Waals surface area contributed by atoms with Crippen LogP contribution >= 0.6 is 12.2 Å². The molecule has 0 saturated carbocycles. The van der Waals surface area contributed by atoms with E-state index in [4.69, 9.17) is 27.4 Å². The summed E-state index contributed by atoms with van der Waals surface area (Å²) in [6.45, 7) is 6.03. The van der Waals surface area contributed by atoms with Gasteiger partial charge >= 0.3 is 0 Å². The maximum atomic E-state index is 5.32. The van der Waals surface area contributed by atoms with Crippen LogP contribution in [0.5, 0.6) is 0 Å². The highest BCUT2D eigenvalue weighted by Crippen LogP contribution is 1.91. The van der Waals surface area contributed by atoms with Gasteiger partial charge in [-0.05, 0) is 26.7 Å². The van der Waals surface area contributed by atoms with Crippen LogP contribution in [0.25, 0.3) is 0 Å². The SMILES string of the molecule is CC(C)OCCOCCCC(N)=S. The van der Waals surface area contributed by atoms with Crippen molar-refractivity contribution in [3.8, 4) is 0 Å². The summed E-state index contributed by atoms with van der Waals surface area (Å²) in [6, 6.07) is 0. The summed E-state index contributed by atoms with van der Waals surface area (Å²) in [5.41, 5.74) is 5.32. The first-order valence-electron chi connectivity index (χ1n) is 4.60. The van der Waals surface area contributed by atoms with Gasteiger partial charge < -0.3 is 15.2 Å². The normalized spacial score (nSPS) is 10.7. The van der Waals surface area contributed by atoms with Crippen molar-refractivity contribution in [2.75, 3.05) is 19.8 Å². The fourth-order valence-electron chi connectivity index (χ4n) is 0.793. The summed E-state index contributed by atoms with van der Waals surface area (Å²) in [4.78, 5) is 0.557. The zero-order valence-corrected chi connectivity index (χ0v) is 9.23. The van der Waals surface area contributed by atoms with Gasteiger partial charge in [-0.2, -0.15) is 0 Å². The third-order valence-electron chi connectivity index (χ3n) is 1.39. The van der Waals surface area contributed by atoms with Crippen LogP contribution in [0.4, 0.5) is 0 Å². The highest BCUT2D eigenvalue weighted by atomic mass is 32.1. The van der Waals surface area contributed by atoms with Crippen molar-refractivity contribution in [3.05, 3.63) is 0 Å². The van der Waals surface area contributed by atoms with Crippen LogP contribution in [-0.2, 0) is 9.47 Å². The van der Waals surface area contributed by atoms with Gasteiger partial charge in [-0.3, -0.25) is 0 Å². The molecular weight excluding hydrogens is 186 g/mol. The monoisotopic (exact) mass is 205 g/mol. The molecule has 0 rings (SSSR count). The third-order valence-corrected chi connectivity index (χ3v) is 1.59. The molecule has 0 saturated heterocycles. The van der Waals surface area contributed by atoms with Gasteiger partial charge in [0, 0.05) is 6.61 Å². The third kappa shape index (κ3) is 11.8. The molecule has 13 heavy (non-hydrogen) atoms. The maximum absolute atomic E-state index is 5.32. The van der Waals surface area contributed by atoms with Crippen molar-refractivity contribution in [2.24, 2.45) is 5.73 Å². The minimum atomic E-state index is 0.278. The van der Waals surface area contributed by atoms with Crippen molar-refractivity contribution < 1.29 is 9.47 Å². The summed E-state index contributed by atoms with van der Waals surface area (Å²) >= 11 is 4.73. The second-order valence-electron chi connectivity index (χ2n) is 3.10. The van der Waals surface area contributed by atoms with Crippen LogP contribution in [0.15, 0.2) is 0 Å². The molecule has 0 bridgehead atoms. The Morgan fingerprint density at radius 1 is 1.31 bits per heavy atom. The predicted molar refractivity (Wildman–Crippen MR) is 57.9 cm³/mol. The lowest BCUT2D eigenvalue weighted by Gasteiger charge is -2.07. The molecule has 4 heteroatoms. The molecule has 78 valence electrons. The summed E-state index contributed by atoms with van der Waals surface area (Å²) in [6.07, 6.45) is 1.94. The van der Waals surface area contributed by atoms with Gasteiger partial charge in [0.1, 0.15) is 0 Å². The predicted octanol–water partition coefficient (Wildman–Crippen LogP) is 1.49. The van der Waals surface area contributed by atoms with E-state index in [-0.39, 0.29) is 6.10 Å². The van der Waals surface area contributed by atoms with Crippen molar-refractivity contribution in [3.63, 3.8) is 0 Å². The Morgan fingerprint density at radius 3 is 2.54 bits per heavy atom. The lowest BCUT2D eigenvalue weighted by atomic mass is 10.3. The number of hydrogen-bond donors (Lipinski definition) is 1. The molecule has 0 aromatic heterocycles. The number of rotatable bonds is 8.